The summed E-state index contributed by atoms with van der Waals surface area (Å²) >= 11 is 0. The summed E-state index contributed by atoms with van der Waals surface area (Å²) in [5, 5.41) is 0.502. The van der Waals surface area contributed by atoms with E-state index in [-0.39, 0.29) is 5.56 Å². The summed E-state index contributed by atoms with van der Waals surface area (Å²) in [5.74, 6) is 0.524. The van der Waals surface area contributed by atoms with Gasteiger partial charge in [0.05, 0.1) is 10.9 Å². The highest BCUT2D eigenvalue weighted by Crippen LogP contribution is 2.12. The number of anilines is 1. The topological polar surface area (TPSA) is 71.8 Å². The van der Waals surface area contributed by atoms with E-state index in [1.165, 1.54) is 0 Å². The third-order valence-corrected chi connectivity index (χ3v) is 2.98. The molecule has 98 valence electrons. The molecule has 0 bridgehead atoms. The van der Waals surface area contributed by atoms with Crippen molar-refractivity contribution in [3.8, 4) is 0 Å². The molecule has 3 aromatic rings. The average molecular weight is 263 g/mol. The third-order valence-electron chi connectivity index (χ3n) is 2.98. The predicted molar refractivity (Wildman–Crippen MR) is 82.1 cm³/mol. The molecule has 0 saturated heterocycles. The molecule has 0 atom stereocenters. The fraction of sp³-hybridized carbons (Fsp3) is 0. The molecule has 1 heterocycles. The number of nitrogen functional groups attached to an aromatic ring is 1. The van der Waals surface area contributed by atoms with Gasteiger partial charge < -0.3 is 10.7 Å². The van der Waals surface area contributed by atoms with Crippen LogP contribution in [0.5, 0.6) is 0 Å². The highest BCUT2D eigenvalue weighted by atomic mass is 16.1. The fourth-order valence-corrected chi connectivity index (χ4v) is 1.99. The van der Waals surface area contributed by atoms with Crippen LogP contribution in [0.25, 0.3) is 23.1 Å². The predicted octanol–water partition coefficient (Wildman–Crippen LogP) is 2.68. The van der Waals surface area contributed by atoms with Gasteiger partial charge in [-0.1, -0.05) is 36.4 Å². The van der Waals surface area contributed by atoms with Crippen molar-refractivity contribution in [3.63, 3.8) is 0 Å². The molecule has 0 spiro atoms. The number of hydrogen-bond acceptors (Lipinski definition) is 3. The summed E-state index contributed by atoms with van der Waals surface area (Å²) in [6.07, 6.45) is 3.69. The third kappa shape index (κ3) is 2.44. The Kier molecular flexibility index (Phi) is 3.05. The van der Waals surface area contributed by atoms with Gasteiger partial charge in [0.15, 0.2) is 0 Å². The molecule has 3 N–H and O–H groups in total. The van der Waals surface area contributed by atoms with E-state index in [9.17, 15) is 4.79 Å². The highest BCUT2D eigenvalue weighted by molar-refractivity contribution is 5.82. The van der Waals surface area contributed by atoms with Crippen LogP contribution >= 0.6 is 0 Å². The summed E-state index contributed by atoms with van der Waals surface area (Å²) in [7, 11) is 0. The number of nitrogens with zero attached hydrogens (tertiary/aromatic N) is 1. The average Bonchev–Trinajstić information content (AvgIpc) is 2.47. The molecule has 0 aliphatic heterocycles. The van der Waals surface area contributed by atoms with Crippen LogP contribution in [0.15, 0.2) is 53.3 Å². The summed E-state index contributed by atoms with van der Waals surface area (Å²) in [5.41, 5.74) is 7.72. The maximum Gasteiger partial charge on any atom is 0.259 e. The van der Waals surface area contributed by atoms with Crippen molar-refractivity contribution in [2.24, 2.45) is 0 Å². The molecular formula is C16H13N3O. The number of benzene rings is 2. The van der Waals surface area contributed by atoms with Crippen LogP contribution in [0.2, 0.25) is 0 Å². The molecule has 0 aliphatic carbocycles. The van der Waals surface area contributed by atoms with E-state index in [1.54, 1.807) is 24.3 Å². The van der Waals surface area contributed by atoms with E-state index in [0.717, 1.165) is 5.56 Å². The first-order valence-electron chi connectivity index (χ1n) is 6.25. The van der Waals surface area contributed by atoms with Crippen molar-refractivity contribution in [2.75, 3.05) is 5.73 Å². The quantitative estimate of drug-likeness (QED) is 0.698. The Labute approximate surface area is 115 Å². The monoisotopic (exact) mass is 263 g/mol. The lowest BCUT2D eigenvalue weighted by atomic mass is 10.2. The van der Waals surface area contributed by atoms with Gasteiger partial charge in [0.1, 0.15) is 5.82 Å². The molecule has 4 heteroatoms. The minimum Gasteiger partial charge on any atom is -0.399 e. The van der Waals surface area contributed by atoms with Crippen LogP contribution in [-0.2, 0) is 0 Å². The van der Waals surface area contributed by atoms with Gasteiger partial charge in [0.25, 0.3) is 5.56 Å². The molecule has 20 heavy (non-hydrogen) atoms. The first-order chi connectivity index (χ1) is 9.72. The van der Waals surface area contributed by atoms with Crippen LogP contribution in [0, 0.1) is 0 Å². The molecule has 0 aliphatic rings. The van der Waals surface area contributed by atoms with Crippen LogP contribution < -0.4 is 11.3 Å². The van der Waals surface area contributed by atoms with E-state index < -0.39 is 0 Å². The molecule has 0 unspecified atom stereocenters. The van der Waals surface area contributed by atoms with Gasteiger partial charge in [-0.25, -0.2) is 4.98 Å². The zero-order chi connectivity index (χ0) is 13.9. The number of H-pyrrole nitrogens is 1. The number of nitrogens with two attached hydrogens (primary N) is 1. The highest BCUT2D eigenvalue weighted by Gasteiger charge is 2.02. The van der Waals surface area contributed by atoms with Gasteiger partial charge in [-0.2, -0.15) is 0 Å². The molecule has 2 aromatic carbocycles. The standard InChI is InChI=1S/C16H13N3O/c17-12-7-8-14-13(10-12)16(20)19-15(18-14)9-6-11-4-2-1-3-5-11/h1-10H,17H2,(H,18,19,20)/b9-6+. The smallest absolute Gasteiger partial charge is 0.259 e. The van der Waals surface area contributed by atoms with Gasteiger partial charge in [-0.3, -0.25) is 4.79 Å². The Balaban J connectivity index is 2.03. The molecule has 0 amide bonds. The molecule has 0 fully saturated rings. The first-order valence-corrected chi connectivity index (χ1v) is 6.25. The van der Waals surface area contributed by atoms with Gasteiger partial charge in [-0.15, -0.1) is 0 Å². The maximum atomic E-state index is 12.0. The molecule has 1 aromatic heterocycles. The van der Waals surface area contributed by atoms with Crippen molar-refractivity contribution in [1.82, 2.24) is 9.97 Å². The zero-order valence-corrected chi connectivity index (χ0v) is 10.7. The zero-order valence-electron chi connectivity index (χ0n) is 10.7. The fourth-order valence-electron chi connectivity index (χ4n) is 1.99. The van der Waals surface area contributed by atoms with Crippen molar-refractivity contribution in [1.29, 1.82) is 0 Å². The Hall–Kier alpha value is -2.88. The lowest BCUT2D eigenvalue weighted by Gasteiger charge is -2.00. The van der Waals surface area contributed by atoms with Crippen molar-refractivity contribution in [3.05, 3.63) is 70.3 Å². The Bertz CT molecular complexity index is 835. The molecule has 0 saturated carbocycles. The first kappa shape index (κ1) is 12.2. The van der Waals surface area contributed by atoms with E-state index in [0.29, 0.717) is 22.4 Å². The summed E-state index contributed by atoms with van der Waals surface area (Å²) in [6.45, 7) is 0. The lowest BCUT2D eigenvalue weighted by molar-refractivity contribution is 1.14. The van der Waals surface area contributed by atoms with Gasteiger partial charge in [0, 0.05) is 5.69 Å². The van der Waals surface area contributed by atoms with Gasteiger partial charge in [-0.05, 0) is 29.8 Å². The van der Waals surface area contributed by atoms with Crippen LogP contribution in [-0.4, -0.2) is 9.97 Å². The minimum absolute atomic E-state index is 0.185. The lowest BCUT2D eigenvalue weighted by Crippen LogP contribution is -2.09. The van der Waals surface area contributed by atoms with Gasteiger partial charge >= 0.3 is 0 Å². The molecule has 0 radical (unpaired) electrons. The maximum absolute atomic E-state index is 12.0. The van der Waals surface area contributed by atoms with Crippen molar-refractivity contribution < 1.29 is 0 Å². The number of aromatic nitrogens is 2. The number of fused-ring (bicyclic) bond motifs is 1. The summed E-state index contributed by atoms with van der Waals surface area (Å²) in [6, 6.07) is 15.0. The number of aromatic amines is 1. The van der Waals surface area contributed by atoms with Crippen LogP contribution in [0.1, 0.15) is 11.4 Å². The Morgan fingerprint density at radius 1 is 1.05 bits per heavy atom. The second-order valence-corrected chi connectivity index (χ2v) is 4.47. The Morgan fingerprint density at radius 3 is 2.65 bits per heavy atom. The molecular weight excluding hydrogens is 250 g/mol. The van der Waals surface area contributed by atoms with Crippen LogP contribution in [0.4, 0.5) is 5.69 Å². The summed E-state index contributed by atoms with van der Waals surface area (Å²) in [4.78, 5) is 19.1. The second-order valence-electron chi connectivity index (χ2n) is 4.47. The summed E-state index contributed by atoms with van der Waals surface area (Å²) < 4.78 is 0. The number of rotatable bonds is 2. The van der Waals surface area contributed by atoms with Crippen LogP contribution in [0.3, 0.4) is 0 Å². The minimum atomic E-state index is -0.185. The number of nitrogens with one attached hydrogen (secondary N) is 1. The molecule has 4 nitrogen and oxygen atoms in total. The van der Waals surface area contributed by atoms with E-state index >= 15 is 0 Å². The second kappa shape index (κ2) is 5.01. The van der Waals surface area contributed by atoms with Crippen molar-refractivity contribution >= 4 is 28.7 Å². The Morgan fingerprint density at radius 2 is 1.85 bits per heavy atom. The van der Waals surface area contributed by atoms with Crippen molar-refractivity contribution in [2.45, 2.75) is 0 Å². The normalized spacial score (nSPS) is 11.2. The van der Waals surface area contributed by atoms with Gasteiger partial charge in [0.2, 0.25) is 0 Å². The SMILES string of the molecule is Nc1ccc2nc(/C=C/c3ccccc3)[nH]c(=O)c2c1. The van der Waals surface area contributed by atoms with E-state index in [4.69, 9.17) is 5.73 Å². The number of hydrogen-bond donors (Lipinski definition) is 2. The molecule has 3 rings (SSSR count). The van der Waals surface area contributed by atoms with E-state index in [2.05, 4.69) is 9.97 Å². The van der Waals surface area contributed by atoms with E-state index in [1.807, 2.05) is 36.4 Å². The largest absolute Gasteiger partial charge is 0.399 e.